The molecule has 0 saturated carbocycles. The Morgan fingerprint density at radius 3 is 2.86 bits per heavy atom. The van der Waals surface area contributed by atoms with E-state index in [2.05, 4.69) is 5.32 Å². The van der Waals surface area contributed by atoms with Gasteiger partial charge in [-0.2, -0.15) is 0 Å². The highest BCUT2D eigenvalue weighted by atomic mass is 35.5. The van der Waals surface area contributed by atoms with Gasteiger partial charge in [0.25, 0.3) is 5.91 Å². The minimum Gasteiger partial charge on any atom is -0.492 e. The summed E-state index contributed by atoms with van der Waals surface area (Å²) >= 11 is 5.77. The van der Waals surface area contributed by atoms with Crippen LogP contribution in [0.2, 0.25) is 5.22 Å². The highest BCUT2D eigenvalue weighted by molar-refractivity contribution is 6.32. The molecule has 1 heterocycles. The molecule has 0 aliphatic carbocycles. The van der Waals surface area contributed by atoms with Crippen LogP contribution in [0.3, 0.4) is 0 Å². The highest BCUT2D eigenvalue weighted by Crippen LogP contribution is 2.21. The zero-order valence-electron chi connectivity index (χ0n) is 11.9. The summed E-state index contributed by atoms with van der Waals surface area (Å²) in [4.78, 5) is 14.0. The summed E-state index contributed by atoms with van der Waals surface area (Å²) in [6.07, 6.45) is 1.37. The molecule has 1 N–H and O–H groups in total. The first-order valence-corrected chi connectivity index (χ1v) is 6.86. The van der Waals surface area contributed by atoms with Crippen molar-refractivity contribution in [3.05, 3.63) is 47.4 Å². The van der Waals surface area contributed by atoms with E-state index in [1.807, 2.05) is 31.1 Å². The monoisotopic (exact) mass is 308 g/mol. The molecule has 2 rings (SSSR count). The van der Waals surface area contributed by atoms with Gasteiger partial charge in [0.2, 0.25) is 5.22 Å². The van der Waals surface area contributed by atoms with Crippen LogP contribution >= 0.6 is 11.6 Å². The van der Waals surface area contributed by atoms with E-state index >= 15 is 0 Å². The maximum absolute atomic E-state index is 12.0. The molecule has 0 saturated heterocycles. The fraction of sp³-hybridized carbons (Fsp3) is 0.267. The van der Waals surface area contributed by atoms with Crippen molar-refractivity contribution in [2.45, 2.75) is 0 Å². The summed E-state index contributed by atoms with van der Waals surface area (Å²) in [5, 5.41) is 2.83. The lowest BCUT2D eigenvalue weighted by Gasteiger charge is -2.12. The molecular formula is C15H17ClN2O3. The summed E-state index contributed by atoms with van der Waals surface area (Å²) < 4.78 is 10.5. The van der Waals surface area contributed by atoms with Crippen LogP contribution in [0.25, 0.3) is 0 Å². The zero-order valence-corrected chi connectivity index (χ0v) is 12.7. The van der Waals surface area contributed by atoms with Crippen LogP contribution in [0.4, 0.5) is 5.69 Å². The molecule has 2 aromatic rings. The number of anilines is 1. The standard InChI is InChI=1S/C15H17ClN2O3/c1-18(2)7-9-20-12-5-3-4-11(10-12)17-15(19)13-6-8-21-14(13)16/h3-6,8,10H,7,9H2,1-2H3,(H,17,19). The number of carbonyl (C=O) groups excluding carboxylic acids is 1. The molecule has 1 aromatic heterocycles. The summed E-state index contributed by atoms with van der Waals surface area (Å²) in [6.45, 7) is 1.40. The molecular weight excluding hydrogens is 292 g/mol. The van der Waals surface area contributed by atoms with Crippen LogP contribution < -0.4 is 10.1 Å². The molecule has 0 radical (unpaired) electrons. The predicted octanol–water partition coefficient (Wildman–Crippen LogP) is 3.13. The number of hydrogen-bond donors (Lipinski definition) is 1. The van der Waals surface area contributed by atoms with Gasteiger partial charge in [-0.25, -0.2) is 0 Å². The maximum Gasteiger partial charge on any atom is 0.260 e. The van der Waals surface area contributed by atoms with Gasteiger partial charge < -0.3 is 19.4 Å². The summed E-state index contributed by atoms with van der Waals surface area (Å²) in [7, 11) is 3.96. The number of ether oxygens (including phenoxy) is 1. The third-order valence-electron chi connectivity index (χ3n) is 2.76. The molecule has 0 spiro atoms. The van der Waals surface area contributed by atoms with Gasteiger partial charge in [0.05, 0.1) is 11.8 Å². The van der Waals surface area contributed by atoms with Crippen LogP contribution in [0.1, 0.15) is 10.4 Å². The number of hydrogen-bond acceptors (Lipinski definition) is 4. The van der Waals surface area contributed by atoms with Gasteiger partial charge in [-0.1, -0.05) is 6.07 Å². The average Bonchev–Trinajstić information content (AvgIpc) is 2.85. The van der Waals surface area contributed by atoms with Crippen molar-refractivity contribution in [2.75, 3.05) is 32.6 Å². The second-order valence-corrected chi connectivity index (χ2v) is 5.08. The average molecular weight is 309 g/mol. The van der Waals surface area contributed by atoms with E-state index in [1.54, 1.807) is 12.1 Å². The van der Waals surface area contributed by atoms with Crippen LogP contribution in [0.5, 0.6) is 5.75 Å². The van der Waals surface area contributed by atoms with E-state index in [-0.39, 0.29) is 11.1 Å². The lowest BCUT2D eigenvalue weighted by atomic mass is 10.2. The second kappa shape index (κ2) is 7.15. The van der Waals surface area contributed by atoms with Gasteiger partial charge in [0.15, 0.2) is 0 Å². The Kier molecular flexibility index (Phi) is 5.25. The number of nitrogens with zero attached hydrogens (tertiary/aromatic N) is 1. The van der Waals surface area contributed by atoms with Gasteiger partial charge >= 0.3 is 0 Å². The quantitative estimate of drug-likeness (QED) is 0.891. The molecule has 5 nitrogen and oxygen atoms in total. The molecule has 0 atom stereocenters. The number of halogens is 1. The fourth-order valence-corrected chi connectivity index (χ4v) is 1.86. The Balaban J connectivity index is 1.98. The first-order chi connectivity index (χ1) is 10.1. The number of amides is 1. The van der Waals surface area contributed by atoms with Crippen LogP contribution in [-0.4, -0.2) is 38.1 Å². The molecule has 0 fully saturated rings. The molecule has 0 unspecified atom stereocenters. The number of likely N-dealkylation sites (N-methyl/N-ethyl adjacent to an activating group) is 1. The number of carbonyl (C=O) groups is 1. The van der Waals surface area contributed by atoms with E-state index < -0.39 is 0 Å². The van der Waals surface area contributed by atoms with Gasteiger partial charge in [-0.15, -0.1) is 0 Å². The van der Waals surface area contributed by atoms with E-state index in [1.165, 1.54) is 12.3 Å². The third kappa shape index (κ3) is 4.51. The Hall–Kier alpha value is -1.98. The van der Waals surface area contributed by atoms with Crippen molar-refractivity contribution in [3.63, 3.8) is 0 Å². The number of benzene rings is 1. The Labute approximate surface area is 128 Å². The highest BCUT2D eigenvalue weighted by Gasteiger charge is 2.13. The van der Waals surface area contributed by atoms with Crippen molar-refractivity contribution in [2.24, 2.45) is 0 Å². The normalized spacial score (nSPS) is 10.7. The summed E-state index contributed by atoms with van der Waals surface area (Å²) in [6, 6.07) is 8.73. The lowest BCUT2D eigenvalue weighted by molar-refractivity contribution is 0.102. The van der Waals surface area contributed by atoms with Crippen molar-refractivity contribution < 1.29 is 13.9 Å². The molecule has 6 heteroatoms. The van der Waals surface area contributed by atoms with Crippen LogP contribution in [0, 0.1) is 0 Å². The van der Waals surface area contributed by atoms with Crippen molar-refractivity contribution in [1.29, 1.82) is 0 Å². The third-order valence-corrected chi connectivity index (χ3v) is 3.05. The number of furan rings is 1. The fourth-order valence-electron chi connectivity index (χ4n) is 1.66. The van der Waals surface area contributed by atoms with Crippen LogP contribution in [0.15, 0.2) is 41.0 Å². The predicted molar refractivity (Wildman–Crippen MR) is 82.2 cm³/mol. The molecule has 0 aliphatic rings. The van der Waals surface area contributed by atoms with Gasteiger partial charge in [-0.05, 0) is 43.9 Å². The Morgan fingerprint density at radius 1 is 1.38 bits per heavy atom. The van der Waals surface area contributed by atoms with E-state index in [0.29, 0.717) is 23.6 Å². The lowest BCUT2D eigenvalue weighted by Crippen LogP contribution is -2.19. The second-order valence-electron chi connectivity index (χ2n) is 4.74. The zero-order chi connectivity index (χ0) is 15.2. The van der Waals surface area contributed by atoms with Crippen LogP contribution in [-0.2, 0) is 0 Å². The number of rotatable bonds is 6. The minimum atomic E-state index is -0.320. The van der Waals surface area contributed by atoms with E-state index in [4.69, 9.17) is 20.8 Å². The van der Waals surface area contributed by atoms with Gasteiger partial charge in [0.1, 0.15) is 12.4 Å². The number of nitrogens with one attached hydrogen (secondary N) is 1. The van der Waals surface area contributed by atoms with E-state index in [9.17, 15) is 4.79 Å². The molecule has 21 heavy (non-hydrogen) atoms. The maximum atomic E-state index is 12.0. The Bertz CT molecular complexity index is 610. The molecule has 112 valence electrons. The first-order valence-electron chi connectivity index (χ1n) is 6.48. The smallest absolute Gasteiger partial charge is 0.260 e. The first kappa shape index (κ1) is 15.4. The molecule has 0 aliphatic heterocycles. The van der Waals surface area contributed by atoms with Crippen molar-refractivity contribution >= 4 is 23.2 Å². The topological polar surface area (TPSA) is 54.7 Å². The Morgan fingerprint density at radius 2 is 2.19 bits per heavy atom. The molecule has 0 bridgehead atoms. The van der Waals surface area contributed by atoms with Gasteiger partial charge in [-0.3, -0.25) is 4.79 Å². The summed E-state index contributed by atoms with van der Waals surface area (Å²) in [5.41, 5.74) is 0.940. The minimum absolute atomic E-state index is 0.0749. The van der Waals surface area contributed by atoms with E-state index in [0.717, 1.165) is 6.54 Å². The largest absolute Gasteiger partial charge is 0.492 e. The summed E-state index contributed by atoms with van der Waals surface area (Å²) in [5.74, 6) is 0.382. The molecule has 1 aromatic carbocycles. The van der Waals surface area contributed by atoms with Crippen molar-refractivity contribution in [1.82, 2.24) is 4.90 Å². The van der Waals surface area contributed by atoms with Gasteiger partial charge in [0, 0.05) is 18.3 Å². The van der Waals surface area contributed by atoms with Crippen molar-refractivity contribution in [3.8, 4) is 5.75 Å². The molecule has 1 amide bonds. The SMILES string of the molecule is CN(C)CCOc1cccc(NC(=O)c2ccoc2Cl)c1.